The lowest BCUT2D eigenvalue weighted by Crippen LogP contribution is -2.42. The molecule has 0 unspecified atom stereocenters. The quantitative estimate of drug-likeness (QED) is 0.341. The molecule has 0 bridgehead atoms. The van der Waals surface area contributed by atoms with Crippen LogP contribution in [0.3, 0.4) is 0 Å². The Morgan fingerprint density at radius 3 is 2.62 bits per heavy atom. The fourth-order valence-electron chi connectivity index (χ4n) is 2.68. The smallest absolute Gasteiger partial charge is 0.240 e. The standard InChI is InChI=1S/C16H26N4O2S.HI/c1-3-18-16(20-14-8-4-5-9-14)19-12-13-7-6-10-15(11-13)23(21,22)17-2;/h6-7,10-11,14,17H,3-5,8-9,12H2,1-2H3,(H2,18,19,20);1H. The van der Waals surface area contributed by atoms with E-state index in [1.54, 1.807) is 18.2 Å². The molecule has 0 radical (unpaired) electrons. The van der Waals surface area contributed by atoms with Gasteiger partial charge in [0.2, 0.25) is 10.0 Å². The van der Waals surface area contributed by atoms with E-state index in [0.717, 1.165) is 18.1 Å². The van der Waals surface area contributed by atoms with Crippen LogP contribution in [0.25, 0.3) is 0 Å². The highest BCUT2D eigenvalue weighted by Crippen LogP contribution is 2.17. The van der Waals surface area contributed by atoms with Gasteiger partial charge in [-0.1, -0.05) is 25.0 Å². The zero-order valence-corrected chi connectivity index (χ0v) is 17.4. The van der Waals surface area contributed by atoms with Crippen LogP contribution in [0.15, 0.2) is 34.2 Å². The molecule has 24 heavy (non-hydrogen) atoms. The zero-order chi connectivity index (χ0) is 16.7. The summed E-state index contributed by atoms with van der Waals surface area (Å²) in [6, 6.07) is 7.36. The van der Waals surface area contributed by atoms with Gasteiger partial charge < -0.3 is 10.6 Å². The van der Waals surface area contributed by atoms with Crippen molar-refractivity contribution < 1.29 is 8.42 Å². The molecule has 1 aromatic carbocycles. The molecule has 0 heterocycles. The number of halogens is 1. The van der Waals surface area contributed by atoms with Crippen LogP contribution in [0, 0.1) is 0 Å². The molecule has 136 valence electrons. The van der Waals surface area contributed by atoms with Crippen LogP contribution in [0.1, 0.15) is 38.2 Å². The topological polar surface area (TPSA) is 82.6 Å². The Morgan fingerprint density at radius 1 is 1.29 bits per heavy atom. The van der Waals surface area contributed by atoms with Crippen molar-refractivity contribution >= 4 is 40.0 Å². The summed E-state index contributed by atoms with van der Waals surface area (Å²) < 4.78 is 26.0. The number of nitrogens with zero attached hydrogens (tertiary/aromatic N) is 1. The minimum Gasteiger partial charge on any atom is -0.357 e. The highest BCUT2D eigenvalue weighted by atomic mass is 127. The van der Waals surface area contributed by atoms with Crippen molar-refractivity contribution in [3.8, 4) is 0 Å². The normalized spacial score (nSPS) is 15.8. The number of guanidine groups is 1. The summed E-state index contributed by atoms with van der Waals surface area (Å²) in [4.78, 5) is 4.84. The van der Waals surface area contributed by atoms with Crippen LogP contribution in [-0.4, -0.2) is 34.0 Å². The highest BCUT2D eigenvalue weighted by molar-refractivity contribution is 14.0. The average molecular weight is 466 g/mol. The van der Waals surface area contributed by atoms with Crippen LogP contribution in [0.4, 0.5) is 0 Å². The molecule has 0 spiro atoms. The second-order valence-electron chi connectivity index (χ2n) is 5.68. The van der Waals surface area contributed by atoms with E-state index in [2.05, 4.69) is 20.3 Å². The van der Waals surface area contributed by atoms with E-state index in [1.165, 1.54) is 32.7 Å². The molecule has 6 nitrogen and oxygen atoms in total. The summed E-state index contributed by atoms with van der Waals surface area (Å²) in [5, 5.41) is 6.70. The van der Waals surface area contributed by atoms with Crippen LogP contribution in [-0.2, 0) is 16.6 Å². The van der Waals surface area contributed by atoms with Gasteiger partial charge in [0.25, 0.3) is 0 Å². The molecular weight excluding hydrogens is 439 g/mol. The number of rotatable bonds is 6. The molecule has 1 fully saturated rings. The van der Waals surface area contributed by atoms with Gasteiger partial charge >= 0.3 is 0 Å². The summed E-state index contributed by atoms with van der Waals surface area (Å²) in [5.74, 6) is 0.793. The molecule has 0 aromatic heterocycles. The maximum Gasteiger partial charge on any atom is 0.240 e. The van der Waals surface area contributed by atoms with Gasteiger partial charge in [-0.15, -0.1) is 24.0 Å². The first-order chi connectivity index (χ1) is 11.0. The monoisotopic (exact) mass is 466 g/mol. The van der Waals surface area contributed by atoms with Crippen LogP contribution in [0.5, 0.6) is 0 Å². The number of hydrogen-bond acceptors (Lipinski definition) is 3. The molecular formula is C16H27IN4O2S. The summed E-state index contributed by atoms with van der Waals surface area (Å²) in [6.07, 6.45) is 4.89. The molecule has 3 N–H and O–H groups in total. The molecule has 0 amide bonds. The van der Waals surface area contributed by atoms with Crippen molar-refractivity contribution in [2.24, 2.45) is 4.99 Å². The number of sulfonamides is 1. The molecule has 1 aliphatic carbocycles. The van der Waals surface area contributed by atoms with Gasteiger partial charge in [-0.25, -0.2) is 18.1 Å². The Kier molecular flexibility index (Phi) is 8.99. The van der Waals surface area contributed by atoms with E-state index in [4.69, 9.17) is 0 Å². The molecule has 1 aromatic rings. The predicted molar refractivity (Wildman–Crippen MR) is 108 cm³/mol. The SMILES string of the molecule is CCNC(=NCc1cccc(S(=O)(=O)NC)c1)NC1CCCC1.I. The number of hydrogen-bond donors (Lipinski definition) is 3. The molecule has 0 saturated heterocycles. The van der Waals surface area contributed by atoms with Gasteiger partial charge in [-0.3, -0.25) is 0 Å². The van der Waals surface area contributed by atoms with Gasteiger partial charge in [-0.05, 0) is 44.5 Å². The lowest BCUT2D eigenvalue weighted by Gasteiger charge is -2.16. The summed E-state index contributed by atoms with van der Waals surface area (Å²) in [6.45, 7) is 3.27. The van der Waals surface area contributed by atoms with E-state index < -0.39 is 10.0 Å². The van der Waals surface area contributed by atoms with Crippen LogP contribution < -0.4 is 15.4 Å². The molecule has 0 aliphatic heterocycles. The highest BCUT2D eigenvalue weighted by Gasteiger charge is 2.16. The van der Waals surface area contributed by atoms with Crippen LogP contribution >= 0.6 is 24.0 Å². The summed E-state index contributed by atoms with van der Waals surface area (Å²) >= 11 is 0. The first-order valence-electron chi connectivity index (χ1n) is 8.12. The second kappa shape index (κ2) is 10.2. The lowest BCUT2D eigenvalue weighted by atomic mass is 10.2. The Morgan fingerprint density at radius 2 is 2.00 bits per heavy atom. The van der Waals surface area contributed by atoms with Crippen molar-refractivity contribution in [1.29, 1.82) is 0 Å². The Hall–Kier alpha value is -0.870. The Labute approximate surface area is 162 Å². The zero-order valence-electron chi connectivity index (χ0n) is 14.2. The van der Waals surface area contributed by atoms with Crippen molar-refractivity contribution in [3.63, 3.8) is 0 Å². The number of nitrogens with one attached hydrogen (secondary N) is 3. The van der Waals surface area contributed by atoms with Crippen molar-refractivity contribution in [3.05, 3.63) is 29.8 Å². The molecule has 1 saturated carbocycles. The first-order valence-corrected chi connectivity index (χ1v) is 9.61. The first kappa shape index (κ1) is 21.2. The molecule has 2 rings (SSSR count). The van der Waals surface area contributed by atoms with E-state index in [0.29, 0.717) is 12.6 Å². The minimum atomic E-state index is -3.42. The van der Waals surface area contributed by atoms with Gasteiger partial charge in [0.1, 0.15) is 0 Å². The van der Waals surface area contributed by atoms with E-state index in [-0.39, 0.29) is 28.9 Å². The van der Waals surface area contributed by atoms with E-state index in [9.17, 15) is 8.42 Å². The van der Waals surface area contributed by atoms with E-state index >= 15 is 0 Å². The minimum absolute atomic E-state index is 0. The molecule has 0 atom stereocenters. The summed E-state index contributed by atoms with van der Waals surface area (Å²) in [7, 11) is -2.01. The average Bonchev–Trinajstić information content (AvgIpc) is 3.06. The van der Waals surface area contributed by atoms with Crippen molar-refractivity contribution in [2.75, 3.05) is 13.6 Å². The van der Waals surface area contributed by atoms with Gasteiger partial charge in [0.05, 0.1) is 11.4 Å². The lowest BCUT2D eigenvalue weighted by molar-refractivity contribution is 0.588. The third kappa shape index (κ3) is 6.21. The van der Waals surface area contributed by atoms with Crippen molar-refractivity contribution in [1.82, 2.24) is 15.4 Å². The fourth-order valence-corrected chi connectivity index (χ4v) is 3.48. The Balaban J connectivity index is 0.00000288. The maximum absolute atomic E-state index is 11.9. The Bertz CT molecular complexity index is 643. The van der Waals surface area contributed by atoms with Crippen molar-refractivity contribution in [2.45, 2.75) is 50.1 Å². The third-order valence-corrected chi connectivity index (χ3v) is 5.35. The largest absolute Gasteiger partial charge is 0.357 e. The predicted octanol–water partition coefficient (Wildman–Crippen LogP) is 2.21. The molecule has 8 heteroatoms. The second-order valence-corrected chi connectivity index (χ2v) is 7.56. The van der Waals surface area contributed by atoms with Gasteiger partial charge in [-0.2, -0.15) is 0 Å². The fraction of sp³-hybridized carbons (Fsp3) is 0.562. The maximum atomic E-state index is 11.9. The third-order valence-electron chi connectivity index (χ3n) is 3.94. The van der Waals surface area contributed by atoms with Gasteiger partial charge in [0.15, 0.2) is 5.96 Å². The number of aliphatic imine (C=N–C) groups is 1. The summed E-state index contributed by atoms with van der Waals surface area (Å²) in [5.41, 5.74) is 0.866. The van der Waals surface area contributed by atoms with E-state index in [1.807, 2.05) is 13.0 Å². The van der Waals surface area contributed by atoms with Crippen LogP contribution in [0.2, 0.25) is 0 Å². The van der Waals surface area contributed by atoms with Gasteiger partial charge in [0, 0.05) is 12.6 Å². The molecule has 1 aliphatic rings. The number of benzene rings is 1.